The second kappa shape index (κ2) is 4.69. The van der Waals surface area contributed by atoms with Gasteiger partial charge in [-0.25, -0.2) is 9.48 Å². The SMILES string of the molecule is O=C(O)c1nnn(Cc2ccc3c(c2)CCC3)c1C1CC1. The molecule has 2 aromatic rings. The molecule has 2 aliphatic carbocycles. The van der Waals surface area contributed by atoms with Gasteiger partial charge in [0.1, 0.15) is 0 Å². The predicted octanol–water partition coefficient (Wildman–Crippen LogP) is 2.39. The molecule has 21 heavy (non-hydrogen) atoms. The van der Waals surface area contributed by atoms with E-state index in [9.17, 15) is 9.90 Å². The lowest BCUT2D eigenvalue weighted by Crippen LogP contribution is -2.08. The lowest BCUT2D eigenvalue weighted by atomic mass is 10.1. The number of rotatable bonds is 4. The Kier molecular flexibility index (Phi) is 2.80. The molecule has 1 saturated carbocycles. The van der Waals surface area contributed by atoms with Crippen LogP contribution >= 0.6 is 0 Å². The van der Waals surface area contributed by atoms with Gasteiger partial charge in [-0.05, 0) is 48.8 Å². The van der Waals surface area contributed by atoms with E-state index in [1.165, 1.54) is 29.5 Å². The third-order valence-electron chi connectivity index (χ3n) is 4.44. The number of fused-ring (bicyclic) bond motifs is 1. The van der Waals surface area contributed by atoms with Gasteiger partial charge in [-0.1, -0.05) is 23.4 Å². The number of aryl methyl sites for hydroxylation is 2. The summed E-state index contributed by atoms with van der Waals surface area (Å²) < 4.78 is 1.78. The van der Waals surface area contributed by atoms with Gasteiger partial charge in [0, 0.05) is 5.92 Å². The molecule has 0 radical (unpaired) electrons. The predicted molar refractivity (Wildman–Crippen MR) is 76.5 cm³/mol. The molecule has 0 aliphatic heterocycles. The van der Waals surface area contributed by atoms with E-state index in [2.05, 4.69) is 28.5 Å². The summed E-state index contributed by atoms with van der Waals surface area (Å²) in [5, 5.41) is 17.2. The summed E-state index contributed by atoms with van der Waals surface area (Å²) >= 11 is 0. The average Bonchev–Trinajstić information content (AvgIpc) is 3.04. The van der Waals surface area contributed by atoms with Crippen LogP contribution in [0.2, 0.25) is 0 Å². The Morgan fingerprint density at radius 3 is 2.86 bits per heavy atom. The van der Waals surface area contributed by atoms with Gasteiger partial charge in [-0.15, -0.1) is 5.10 Å². The molecule has 0 spiro atoms. The largest absolute Gasteiger partial charge is 0.476 e. The quantitative estimate of drug-likeness (QED) is 0.935. The van der Waals surface area contributed by atoms with Crippen LogP contribution in [0.3, 0.4) is 0 Å². The van der Waals surface area contributed by atoms with E-state index in [0.29, 0.717) is 12.5 Å². The van der Waals surface area contributed by atoms with Crippen LogP contribution in [0.5, 0.6) is 0 Å². The molecule has 0 atom stereocenters. The van der Waals surface area contributed by atoms with E-state index in [0.717, 1.165) is 25.0 Å². The molecule has 5 heteroatoms. The van der Waals surface area contributed by atoms with Crippen LogP contribution in [0, 0.1) is 0 Å². The first-order chi connectivity index (χ1) is 10.2. The Morgan fingerprint density at radius 1 is 1.29 bits per heavy atom. The fourth-order valence-electron chi connectivity index (χ4n) is 3.25. The fourth-order valence-corrected chi connectivity index (χ4v) is 3.25. The van der Waals surface area contributed by atoms with Gasteiger partial charge in [-0.2, -0.15) is 0 Å². The van der Waals surface area contributed by atoms with Gasteiger partial charge in [0.05, 0.1) is 12.2 Å². The van der Waals surface area contributed by atoms with Crippen molar-refractivity contribution in [1.82, 2.24) is 15.0 Å². The summed E-state index contributed by atoms with van der Waals surface area (Å²) in [6.07, 6.45) is 5.64. The Bertz CT molecular complexity index is 716. The van der Waals surface area contributed by atoms with E-state index >= 15 is 0 Å². The van der Waals surface area contributed by atoms with Crippen molar-refractivity contribution in [3.63, 3.8) is 0 Å². The monoisotopic (exact) mass is 283 g/mol. The van der Waals surface area contributed by atoms with Crippen LogP contribution in [0.4, 0.5) is 0 Å². The molecule has 5 nitrogen and oxygen atoms in total. The van der Waals surface area contributed by atoms with E-state index in [-0.39, 0.29) is 5.69 Å². The summed E-state index contributed by atoms with van der Waals surface area (Å²) in [4.78, 5) is 11.3. The highest BCUT2D eigenvalue weighted by atomic mass is 16.4. The van der Waals surface area contributed by atoms with E-state index in [4.69, 9.17) is 0 Å². The minimum absolute atomic E-state index is 0.124. The molecule has 0 unspecified atom stereocenters. The van der Waals surface area contributed by atoms with E-state index in [1.54, 1.807) is 4.68 Å². The first-order valence-corrected chi connectivity index (χ1v) is 7.50. The van der Waals surface area contributed by atoms with Crippen LogP contribution in [-0.2, 0) is 19.4 Å². The van der Waals surface area contributed by atoms with Crippen LogP contribution in [0.15, 0.2) is 18.2 Å². The highest BCUT2D eigenvalue weighted by molar-refractivity contribution is 5.86. The van der Waals surface area contributed by atoms with Gasteiger partial charge in [-0.3, -0.25) is 0 Å². The van der Waals surface area contributed by atoms with Gasteiger partial charge in [0.25, 0.3) is 0 Å². The number of hydrogen-bond donors (Lipinski definition) is 1. The highest BCUT2D eigenvalue weighted by Crippen LogP contribution is 2.41. The summed E-state index contributed by atoms with van der Waals surface area (Å²) in [5.74, 6) is -0.655. The molecule has 1 heterocycles. The summed E-state index contributed by atoms with van der Waals surface area (Å²) in [6, 6.07) is 6.56. The van der Waals surface area contributed by atoms with Gasteiger partial charge >= 0.3 is 5.97 Å². The molecule has 1 fully saturated rings. The second-order valence-corrected chi connectivity index (χ2v) is 6.02. The van der Waals surface area contributed by atoms with Crippen molar-refractivity contribution >= 4 is 5.97 Å². The Balaban J connectivity index is 1.66. The van der Waals surface area contributed by atoms with E-state index < -0.39 is 5.97 Å². The highest BCUT2D eigenvalue weighted by Gasteiger charge is 2.33. The smallest absolute Gasteiger partial charge is 0.358 e. The maximum atomic E-state index is 11.3. The molecule has 108 valence electrons. The average molecular weight is 283 g/mol. The van der Waals surface area contributed by atoms with Crippen molar-refractivity contribution < 1.29 is 9.90 Å². The summed E-state index contributed by atoms with van der Waals surface area (Å²) in [5.41, 5.74) is 4.98. The number of carboxylic acid groups (broad SMARTS) is 1. The minimum atomic E-state index is -0.975. The zero-order valence-electron chi connectivity index (χ0n) is 11.7. The van der Waals surface area contributed by atoms with Crippen molar-refractivity contribution in [2.75, 3.05) is 0 Å². The molecule has 4 rings (SSSR count). The van der Waals surface area contributed by atoms with Crippen molar-refractivity contribution in [2.24, 2.45) is 0 Å². The van der Waals surface area contributed by atoms with E-state index in [1.807, 2.05) is 0 Å². The van der Waals surface area contributed by atoms with Gasteiger partial charge < -0.3 is 5.11 Å². The van der Waals surface area contributed by atoms with Crippen LogP contribution < -0.4 is 0 Å². The molecular weight excluding hydrogens is 266 g/mol. The van der Waals surface area contributed by atoms with Crippen molar-refractivity contribution in [3.05, 3.63) is 46.3 Å². The number of hydrogen-bond acceptors (Lipinski definition) is 3. The first-order valence-electron chi connectivity index (χ1n) is 7.50. The topological polar surface area (TPSA) is 68.0 Å². The van der Waals surface area contributed by atoms with Crippen LogP contribution in [0.1, 0.15) is 58.1 Å². The molecule has 0 saturated heterocycles. The first kappa shape index (κ1) is 12.6. The van der Waals surface area contributed by atoms with Crippen molar-refractivity contribution in [3.8, 4) is 0 Å². The zero-order valence-corrected chi connectivity index (χ0v) is 11.7. The number of nitrogens with zero attached hydrogens (tertiary/aromatic N) is 3. The number of carbonyl (C=O) groups is 1. The second-order valence-electron chi connectivity index (χ2n) is 6.02. The molecule has 0 bridgehead atoms. The molecule has 1 aromatic heterocycles. The normalized spacial score (nSPS) is 17.0. The minimum Gasteiger partial charge on any atom is -0.476 e. The molecule has 0 amide bonds. The standard InChI is InChI=1S/C16H17N3O2/c20-16(21)14-15(12-6-7-12)19(18-17-14)9-10-4-5-11-2-1-3-13(11)8-10/h4-5,8,12H,1-3,6-7,9H2,(H,20,21). The van der Waals surface area contributed by atoms with Gasteiger partial charge in [0.2, 0.25) is 0 Å². The maximum absolute atomic E-state index is 11.3. The zero-order chi connectivity index (χ0) is 14.4. The third kappa shape index (κ3) is 2.22. The maximum Gasteiger partial charge on any atom is 0.358 e. The summed E-state index contributed by atoms with van der Waals surface area (Å²) in [6.45, 7) is 0.611. The number of aromatic carboxylic acids is 1. The number of aromatic nitrogens is 3. The molecular formula is C16H17N3O2. The summed E-state index contributed by atoms with van der Waals surface area (Å²) in [7, 11) is 0. The third-order valence-corrected chi connectivity index (χ3v) is 4.44. The van der Waals surface area contributed by atoms with Gasteiger partial charge in [0.15, 0.2) is 5.69 Å². The molecule has 1 N–H and O–H groups in total. The lowest BCUT2D eigenvalue weighted by Gasteiger charge is -2.08. The van der Waals surface area contributed by atoms with Crippen LogP contribution in [0.25, 0.3) is 0 Å². The molecule has 1 aromatic carbocycles. The number of benzene rings is 1. The molecule has 2 aliphatic rings. The Morgan fingerprint density at radius 2 is 2.10 bits per heavy atom. The van der Waals surface area contributed by atoms with Crippen molar-refractivity contribution in [2.45, 2.75) is 44.6 Å². The lowest BCUT2D eigenvalue weighted by molar-refractivity contribution is 0.0689. The fraction of sp³-hybridized carbons (Fsp3) is 0.438. The Labute approximate surface area is 122 Å². The number of carboxylic acids is 1. The van der Waals surface area contributed by atoms with Crippen LogP contribution in [-0.4, -0.2) is 26.1 Å². The Hall–Kier alpha value is -2.17. The van der Waals surface area contributed by atoms with Crippen molar-refractivity contribution in [1.29, 1.82) is 0 Å².